The fraction of sp³-hybridized carbons (Fsp3) is 0.577. The van der Waals surface area contributed by atoms with Crippen LogP contribution in [0.15, 0.2) is 30.5 Å². The van der Waals surface area contributed by atoms with Crippen LogP contribution in [0.5, 0.6) is 0 Å². The Morgan fingerprint density at radius 2 is 1.32 bits per heavy atom. The minimum atomic E-state index is -0.403. The van der Waals surface area contributed by atoms with E-state index in [1.54, 1.807) is 0 Å². The second kappa shape index (κ2) is 6.66. The average molecular weight is 437 g/mol. The molecule has 0 radical (unpaired) electrons. The van der Waals surface area contributed by atoms with Crippen LogP contribution in [0.25, 0.3) is 11.3 Å². The van der Waals surface area contributed by atoms with Gasteiger partial charge in [-0.05, 0) is 72.5 Å². The molecule has 4 rings (SSSR count). The average Bonchev–Trinajstić information content (AvgIpc) is 2.92. The van der Waals surface area contributed by atoms with Crippen LogP contribution in [0, 0.1) is 5.41 Å². The molecule has 5 heteroatoms. The van der Waals surface area contributed by atoms with Gasteiger partial charge in [0.1, 0.15) is 0 Å². The zero-order valence-corrected chi connectivity index (χ0v) is 22.0. The molecule has 1 aromatic carbocycles. The zero-order chi connectivity index (χ0) is 23.2. The van der Waals surface area contributed by atoms with Crippen molar-refractivity contribution < 1.29 is 9.31 Å². The zero-order valence-electron chi connectivity index (χ0n) is 20.8. The molecule has 1 aliphatic heterocycles. The SMILES string of the molecule is CC1(C)OB(c2cnc(-c3ccc4c(c3)C(C)(C)C(C)(C)C4(C)C)cc2P)OC1(C)C. The van der Waals surface area contributed by atoms with E-state index in [9.17, 15) is 0 Å². The molecule has 166 valence electrons. The first kappa shape index (κ1) is 23.0. The Balaban J connectivity index is 1.72. The van der Waals surface area contributed by atoms with Crippen LogP contribution in [-0.4, -0.2) is 23.3 Å². The Morgan fingerprint density at radius 1 is 0.774 bits per heavy atom. The maximum absolute atomic E-state index is 6.23. The molecule has 0 spiro atoms. The van der Waals surface area contributed by atoms with Gasteiger partial charge in [0.25, 0.3) is 0 Å². The van der Waals surface area contributed by atoms with Crippen molar-refractivity contribution in [3.05, 3.63) is 41.6 Å². The van der Waals surface area contributed by atoms with Crippen molar-refractivity contribution in [2.24, 2.45) is 5.41 Å². The van der Waals surface area contributed by atoms with E-state index < -0.39 is 7.12 Å². The second-order valence-corrected chi connectivity index (χ2v) is 12.5. The van der Waals surface area contributed by atoms with Gasteiger partial charge in [0.15, 0.2) is 0 Å². The Labute approximate surface area is 191 Å². The molecule has 1 aromatic heterocycles. The summed E-state index contributed by atoms with van der Waals surface area (Å²) in [7, 11) is 2.44. The molecule has 0 amide bonds. The molecule has 2 heterocycles. The summed E-state index contributed by atoms with van der Waals surface area (Å²) in [5, 5.41) is 1.06. The Hall–Kier alpha value is -1.22. The molecule has 1 saturated heterocycles. The third-order valence-electron chi connectivity index (χ3n) is 9.26. The first-order chi connectivity index (χ1) is 14.0. The third-order valence-corrected chi connectivity index (χ3v) is 9.76. The van der Waals surface area contributed by atoms with E-state index in [4.69, 9.17) is 14.3 Å². The van der Waals surface area contributed by atoms with Gasteiger partial charge >= 0.3 is 7.12 Å². The predicted octanol–water partition coefficient (Wildman–Crippen LogP) is 5.14. The lowest BCUT2D eigenvalue weighted by Gasteiger charge is -2.44. The highest BCUT2D eigenvalue weighted by Crippen LogP contribution is 2.61. The van der Waals surface area contributed by atoms with Gasteiger partial charge in [-0.2, -0.15) is 0 Å². The monoisotopic (exact) mass is 437 g/mol. The van der Waals surface area contributed by atoms with Gasteiger partial charge < -0.3 is 9.31 Å². The molecular formula is C26H37BNO2P. The molecule has 2 aromatic rings. The third kappa shape index (κ3) is 3.09. The highest BCUT2D eigenvalue weighted by molar-refractivity contribution is 7.28. The lowest BCUT2D eigenvalue weighted by Crippen LogP contribution is -2.42. The smallest absolute Gasteiger partial charge is 0.399 e. The van der Waals surface area contributed by atoms with Crippen molar-refractivity contribution in [2.45, 2.75) is 91.3 Å². The molecule has 3 nitrogen and oxygen atoms in total. The predicted molar refractivity (Wildman–Crippen MR) is 135 cm³/mol. The Bertz CT molecular complexity index is 1040. The van der Waals surface area contributed by atoms with Gasteiger partial charge in [-0.1, -0.05) is 53.7 Å². The van der Waals surface area contributed by atoms with Crippen LogP contribution in [0.3, 0.4) is 0 Å². The number of rotatable bonds is 2. The summed E-state index contributed by atoms with van der Waals surface area (Å²) in [5.41, 5.74) is 5.61. The standard InChI is InChI=1S/C26H37BNO2P/c1-22(2)17-12-11-16(13-18(17)23(3,4)24(22,5)6)20-14-21(31)19(15-28-20)27-29-25(7,8)26(9,10)30-27/h11-15H,31H2,1-10H3. The van der Waals surface area contributed by atoms with Gasteiger partial charge in [-0.3, -0.25) is 4.98 Å². The summed E-state index contributed by atoms with van der Waals surface area (Å²) < 4.78 is 12.5. The molecule has 31 heavy (non-hydrogen) atoms. The fourth-order valence-corrected chi connectivity index (χ4v) is 5.40. The molecule has 1 fully saturated rings. The number of aromatic nitrogens is 1. The number of hydrogen-bond acceptors (Lipinski definition) is 3. The van der Waals surface area contributed by atoms with Crippen molar-refractivity contribution in [3.8, 4) is 11.3 Å². The maximum Gasteiger partial charge on any atom is 0.497 e. The van der Waals surface area contributed by atoms with E-state index in [1.165, 1.54) is 11.1 Å². The molecule has 2 aliphatic rings. The van der Waals surface area contributed by atoms with E-state index in [1.807, 2.05) is 6.20 Å². The van der Waals surface area contributed by atoms with Crippen molar-refractivity contribution in [1.29, 1.82) is 0 Å². The molecule has 0 N–H and O–H groups in total. The van der Waals surface area contributed by atoms with Crippen LogP contribution in [0.2, 0.25) is 0 Å². The second-order valence-electron chi connectivity index (χ2n) is 11.9. The van der Waals surface area contributed by atoms with Gasteiger partial charge in [-0.25, -0.2) is 0 Å². The minimum Gasteiger partial charge on any atom is -0.399 e. The van der Waals surface area contributed by atoms with Crippen LogP contribution in [0.4, 0.5) is 0 Å². The maximum atomic E-state index is 6.23. The first-order valence-electron chi connectivity index (χ1n) is 11.3. The lowest BCUT2D eigenvalue weighted by molar-refractivity contribution is 0.00578. The summed E-state index contributed by atoms with van der Waals surface area (Å²) in [6.45, 7) is 22.6. The van der Waals surface area contributed by atoms with E-state index in [-0.39, 0.29) is 27.4 Å². The Kier molecular flexibility index (Phi) is 4.93. The normalized spacial score (nSPS) is 24.3. The first-order valence-corrected chi connectivity index (χ1v) is 11.9. The number of benzene rings is 1. The topological polar surface area (TPSA) is 31.4 Å². The van der Waals surface area contributed by atoms with E-state index >= 15 is 0 Å². The fourth-order valence-electron chi connectivity index (χ4n) is 5.03. The summed E-state index contributed by atoms with van der Waals surface area (Å²) in [4.78, 5) is 4.82. The number of pyridine rings is 1. The van der Waals surface area contributed by atoms with E-state index in [2.05, 4.69) is 103 Å². The van der Waals surface area contributed by atoms with Crippen LogP contribution in [0.1, 0.15) is 80.4 Å². The summed E-state index contributed by atoms with van der Waals surface area (Å²) in [6.07, 6.45) is 1.91. The van der Waals surface area contributed by atoms with Crippen molar-refractivity contribution >= 4 is 27.1 Å². The van der Waals surface area contributed by atoms with Gasteiger partial charge in [-0.15, -0.1) is 9.24 Å². The molecule has 1 atom stereocenters. The minimum absolute atomic E-state index is 0.0777. The Morgan fingerprint density at radius 3 is 1.87 bits per heavy atom. The van der Waals surface area contributed by atoms with Gasteiger partial charge in [0, 0.05) is 17.2 Å². The van der Waals surface area contributed by atoms with Crippen molar-refractivity contribution in [1.82, 2.24) is 4.98 Å². The van der Waals surface area contributed by atoms with Crippen molar-refractivity contribution in [2.75, 3.05) is 0 Å². The van der Waals surface area contributed by atoms with Crippen LogP contribution >= 0.6 is 9.24 Å². The van der Waals surface area contributed by atoms with Gasteiger partial charge in [0.2, 0.25) is 0 Å². The number of hydrogen-bond donors (Lipinski definition) is 0. The highest BCUT2D eigenvalue weighted by atomic mass is 31.0. The van der Waals surface area contributed by atoms with Crippen molar-refractivity contribution in [3.63, 3.8) is 0 Å². The number of nitrogens with zero attached hydrogens (tertiary/aromatic N) is 1. The molecule has 1 aliphatic carbocycles. The van der Waals surface area contributed by atoms with Crippen LogP contribution < -0.4 is 10.8 Å². The molecule has 1 unspecified atom stereocenters. The highest BCUT2D eigenvalue weighted by Gasteiger charge is 2.56. The van der Waals surface area contributed by atoms with E-state index in [0.29, 0.717) is 0 Å². The molecule has 0 saturated carbocycles. The quantitative estimate of drug-likeness (QED) is 0.482. The van der Waals surface area contributed by atoms with Crippen LogP contribution in [-0.2, 0) is 20.1 Å². The lowest BCUT2D eigenvalue weighted by atomic mass is 9.59. The summed E-state index contributed by atoms with van der Waals surface area (Å²) in [5.74, 6) is 0. The van der Waals surface area contributed by atoms with Gasteiger partial charge in [0.05, 0.1) is 16.9 Å². The molecular weight excluding hydrogens is 400 g/mol. The molecule has 0 bridgehead atoms. The largest absolute Gasteiger partial charge is 0.497 e. The summed E-state index contributed by atoms with van der Waals surface area (Å²) in [6, 6.07) is 9.02. The number of fused-ring (bicyclic) bond motifs is 1. The van der Waals surface area contributed by atoms with E-state index in [0.717, 1.165) is 22.0 Å². The summed E-state index contributed by atoms with van der Waals surface area (Å²) >= 11 is 0.